The number of ketones is 1. The summed E-state index contributed by atoms with van der Waals surface area (Å²) in [5, 5.41) is 1.18. The van der Waals surface area contributed by atoms with E-state index in [1.54, 1.807) is 11.3 Å². The van der Waals surface area contributed by atoms with Crippen LogP contribution in [-0.4, -0.2) is 5.78 Å². The van der Waals surface area contributed by atoms with Gasteiger partial charge in [-0.15, -0.1) is 11.3 Å². The normalized spacial score (nSPS) is 17.6. The minimum atomic E-state index is 0.0445. The van der Waals surface area contributed by atoms with Gasteiger partial charge in [0.15, 0.2) is 5.78 Å². The van der Waals surface area contributed by atoms with Crippen molar-refractivity contribution in [1.82, 2.24) is 0 Å². The number of aryl methyl sites for hydroxylation is 1. The Labute approximate surface area is 128 Å². The van der Waals surface area contributed by atoms with Gasteiger partial charge in [-0.25, -0.2) is 0 Å². The Morgan fingerprint density at radius 3 is 2.76 bits per heavy atom. The van der Waals surface area contributed by atoms with Gasteiger partial charge < -0.3 is 0 Å². The molecule has 2 heteroatoms. The lowest BCUT2D eigenvalue weighted by Gasteiger charge is -2.23. The molecule has 2 aromatic carbocycles. The highest BCUT2D eigenvalue weighted by atomic mass is 32.1. The second-order valence-corrected chi connectivity index (χ2v) is 6.74. The summed E-state index contributed by atoms with van der Waals surface area (Å²) in [6.45, 7) is 0. The maximum Gasteiger partial charge on any atom is 0.180 e. The summed E-state index contributed by atoms with van der Waals surface area (Å²) in [5.41, 5.74) is 2.59. The Kier molecular flexibility index (Phi) is 3.12. The monoisotopic (exact) mass is 292 g/mol. The lowest BCUT2D eigenvalue weighted by atomic mass is 9.80. The fourth-order valence-electron chi connectivity index (χ4n) is 3.30. The number of rotatable bonds is 2. The molecule has 21 heavy (non-hydrogen) atoms. The fraction of sp³-hybridized carbons (Fsp3) is 0.211. The van der Waals surface area contributed by atoms with Crippen LogP contribution in [0.15, 0.2) is 54.6 Å². The Bertz CT molecular complexity index is 782. The zero-order chi connectivity index (χ0) is 14.2. The van der Waals surface area contributed by atoms with Gasteiger partial charge in [0.25, 0.3) is 0 Å². The second-order valence-electron chi connectivity index (χ2n) is 5.66. The molecule has 0 bridgehead atoms. The van der Waals surface area contributed by atoms with Crippen LogP contribution in [0.5, 0.6) is 0 Å². The van der Waals surface area contributed by atoms with Gasteiger partial charge in [0.2, 0.25) is 0 Å². The SMILES string of the molecule is O=C(c1cc2ccccc2s1)C1CCCc2ccccc21. The molecule has 3 aromatic rings. The molecule has 1 unspecified atom stereocenters. The fourth-order valence-corrected chi connectivity index (χ4v) is 4.36. The minimum absolute atomic E-state index is 0.0445. The molecule has 4 rings (SSSR count). The first-order valence-electron chi connectivity index (χ1n) is 7.43. The van der Waals surface area contributed by atoms with Crippen molar-refractivity contribution in [3.8, 4) is 0 Å². The highest BCUT2D eigenvalue weighted by molar-refractivity contribution is 7.20. The van der Waals surface area contributed by atoms with E-state index in [-0.39, 0.29) is 5.92 Å². The van der Waals surface area contributed by atoms with Crippen LogP contribution in [-0.2, 0) is 6.42 Å². The van der Waals surface area contributed by atoms with Crippen LogP contribution in [0.4, 0.5) is 0 Å². The van der Waals surface area contributed by atoms with Crippen LogP contribution in [0.25, 0.3) is 10.1 Å². The summed E-state index contributed by atoms with van der Waals surface area (Å²) >= 11 is 1.62. The summed E-state index contributed by atoms with van der Waals surface area (Å²) in [7, 11) is 0. The molecule has 0 aliphatic heterocycles. The smallest absolute Gasteiger partial charge is 0.180 e. The first-order chi connectivity index (χ1) is 10.3. The molecule has 0 spiro atoms. The third kappa shape index (κ3) is 2.20. The van der Waals surface area contributed by atoms with Gasteiger partial charge in [0.1, 0.15) is 0 Å². The molecule has 1 aliphatic rings. The lowest BCUT2D eigenvalue weighted by molar-refractivity contribution is 0.0955. The molecule has 1 aromatic heterocycles. The lowest BCUT2D eigenvalue weighted by Crippen LogP contribution is -2.17. The average Bonchev–Trinajstić information content (AvgIpc) is 2.97. The Morgan fingerprint density at radius 2 is 1.86 bits per heavy atom. The van der Waals surface area contributed by atoms with Crippen molar-refractivity contribution in [1.29, 1.82) is 0 Å². The van der Waals surface area contributed by atoms with E-state index in [0.29, 0.717) is 5.78 Å². The maximum atomic E-state index is 12.9. The predicted molar refractivity (Wildman–Crippen MR) is 88.3 cm³/mol. The Morgan fingerprint density at radius 1 is 1.05 bits per heavy atom. The molecule has 0 saturated heterocycles. The number of carbonyl (C=O) groups is 1. The van der Waals surface area contributed by atoms with Crippen LogP contribution >= 0.6 is 11.3 Å². The van der Waals surface area contributed by atoms with Crippen LogP contribution in [0.1, 0.15) is 39.6 Å². The summed E-state index contributed by atoms with van der Waals surface area (Å²) in [6, 6.07) is 18.7. The molecule has 1 nitrogen and oxygen atoms in total. The molecule has 0 amide bonds. The largest absolute Gasteiger partial charge is 0.293 e. The Balaban J connectivity index is 1.75. The van der Waals surface area contributed by atoms with Gasteiger partial charge in [-0.05, 0) is 47.9 Å². The number of Topliss-reactive ketones (excluding diaryl/α,β-unsaturated/α-hetero) is 1. The molecule has 1 heterocycles. The molecule has 0 fully saturated rings. The van der Waals surface area contributed by atoms with E-state index in [0.717, 1.165) is 24.1 Å². The molecule has 0 N–H and O–H groups in total. The highest BCUT2D eigenvalue weighted by Gasteiger charge is 2.27. The predicted octanol–water partition coefficient (Wildman–Crippen LogP) is 5.20. The average molecular weight is 292 g/mol. The van der Waals surface area contributed by atoms with E-state index in [4.69, 9.17) is 0 Å². The third-order valence-corrected chi connectivity index (χ3v) is 5.48. The summed E-state index contributed by atoms with van der Waals surface area (Å²) < 4.78 is 1.20. The van der Waals surface area contributed by atoms with Crippen molar-refractivity contribution < 1.29 is 4.79 Å². The van der Waals surface area contributed by atoms with Gasteiger partial charge in [0.05, 0.1) is 4.88 Å². The van der Waals surface area contributed by atoms with Crippen molar-refractivity contribution in [3.63, 3.8) is 0 Å². The van der Waals surface area contributed by atoms with Crippen molar-refractivity contribution >= 4 is 27.2 Å². The quantitative estimate of drug-likeness (QED) is 0.593. The molecule has 1 atom stereocenters. The standard InChI is InChI=1S/C19H16OS/c20-19(18-12-14-7-2-4-11-17(14)21-18)16-10-5-8-13-6-1-3-9-15(13)16/h1-4,6-7,9,11-12,16H,5,8,10H2. The number of carbonyl (C=O) groups excluding carboxylic acids is 1. The summed E-state index contributed by atoms with van der Waals surface area (Å²) in [4.78, 5) is 13.8. The van der Waals surface area contributed by atoms with E-state index in [9.17, 15) is 4.79 Å². The van der Waals surface area contributed by atoms with Crippen molar-refractivity contribution in [2.75, 3.05) is 0 Å². The molecule has 1 aliphatic carbocycles. The molecular formula is C19H16OS. The Hall–Kier alpha value is -1.93. The number of benzene rings is 2. The molecule has 0 radical (unpaired) electrons. The van der Waals surface area contributed by atoms with Gasteiger partial charge in [-0.1, -0.05) is 42.5 Å². The number of hydrogen-bond donors (Lipinski definition) is 0. The topological polar surface area (TPSA) is 17.1 Å². The van der Waals surface area contributed by atoms with Crippen LogP contribution in [0, 0.1) is 0 Å². The zero-order valence-corrected chi connectivity index (χ0v) is 12.5. The summed E-state index contributed by atoms with van der Waals surface area (Å²) in [5.74, 6) is 0.339. The van der Waals surface area contributed by atoms with Crippen molar-refractivity contribution in [2.24, 2.45) is 0 Å². The van der Waals surface area contributed by atoms with Crippen molar-refractivity contribution in [2.45, 2.75) is 25.2 Å². The molecule has 104 valence electrons. The van der Waals surface area contributed by atoms with Gasteiger partial charge in [-0.3, -0.25) is 4.79 Å². The van der Waals surface area contributed by atoms with Gasteiger partial charge in [0, 0.05) is 10.6 Å². The van der Waals surface area contributed by atoms with Crippen molar-refractivity contribution in [3.05, 3.63) is 70.6 Å². The number of fused-ring (bicyclic) bond motifs is 2. The first kappa shape index (κ1) is 12.8. The second kappa shape index (κ2) is 5.12. The van der Waals surface area contributed by atoms with E-state index in [2.05, 4.69) is 42.5 Å². The molecule has 0 saturated carbocycles. The molecular weight excluding hydrogens is 276 g/mol. The summed E-state index contributed by atoms with van der Waals surface area (Å²) in [6.07, 6.45) is 3.19. The highest BCUT2D eigenvalue weighted by Crippen LogP contribution is 2.36. The number of hydrogen-bond acceptors (Lipinski definition) is 2. The zero-order valence-electron chi connectivity index (χ0n) is 11.7. The van der Waals surface area contributed by atoms with Gasteiger partial charge in [-0.2, -0.15) is 0 Å². The van der Waals surface area contributed by atoms with Gasteiger partial charge >= 0.3 is 0 Å². The van der Waals surface area contributed by atoms with E-state index < -0.39 is 0 Å². The van der Waals surface area contributed by atoms with E-state index >= 15 is 0 Å². The van der Waals surface area contributed by atoms with Crippen LogP contribution in [0.3, 0.4) is 0 Å². The minimum Gasteiger partial charge on any atom is -0.293 e. The first-order valence-corrected chi connectivity index (χ1v) is 8.25. The third-order valence-electron chi connectivity index (χ3n) is 4.35. The van der Waals surface area contributed by atoms with Crippen LogP contribution < -0.4 is 0 Å². The van der Waals surface area contributed by atoms with Crippen LogP contribution in [0.2, 0.25) is 0 Å². The number of thiophene rings is 1. The van der Waals surface area contributed by atoms with E-state index in [1.807, 2.05) is 12.1 Å². The van der Waals surface area contributed by atoms with E-state index in [1.165, 1.54) is 21.2 Å². The maximum absolute atomic E-state index is 12.9.